The van der Waals surface area contributed by atoms with Gasteiger partial charge in [0.15, 0.2) is 0 Å². The number of aliphatic hydroxyl groups is 1. The summed E-state index contributed by atoms with van der Waals surface area (Å²) in [7, 11) is 0. The summed E-state index contributed by atoms with van der Waals surface area (Å²) in [6, 6.07) is 9.87. The van der Waals surface area contributed by atoms with Crippen LogP contribution in [0, 0.1) is 5.92 Å². The SMILES string of the molecule is O=C(Cc1ccc(-n2cccn2)cc1)NC(CCO)C1CCCCC1. The predicted octanol–water partition coefficient (Wildman–Crippen LogP) is 2.86. The Labute approximate surface area is 149 Å². The molecule has 134 valence electrons. The first kappa shape index (κ1) is 17.7. The normalized spacial score (nSPS) is 16.5. The maximum atomic E-state index is 12.4. The first-order chi connectivity index (χ1) is 12.3. The Morgan fingerprint density at radius 1 is 1.24 bits per heavy atom. The lowest BCUT2D eigenvalue weighted by atomic mass is 9.82. The molecule has 1 atom stereocenters. The molecule has 1 saturated carbocycles. The summed E-state index contributed by atoms with van der Waals surface area (Å²) in [4.78, 5) is 12.4. The van der Waals surface area contributed by atoms with Crippen molar-refractivity contribution in [1.29, 1.82) is 0 Å². The van der Waals surface area contributed by atoms with Crippen LogP contribution in [0.3, 0.4) is 0 Å². The van der Waals surface area contributed by atoms with Crippen molar-refractivity contribution in [2.75, 3.05) is 6.61 Å². The molecule has 1 unspecified atom stereocenters. The second kappa shape index (κ2) is 8.81. The Morgan fingerprint density at radius 3 is 2.64 bits per heavy atom. The van der Waals surface area contributed by atoms with Crippen LogP contribution in [-0.4, -0.2) is 33.4 Å². The summed E-state index contributed by atoms with van der Waals surface area (Å²) in [6.45, 7) is 0.125. The quantitative estimate of drug-likeness (QED) is 0.814. The molecule has 1 aliphatic carbocycles. The van der Waals surface area contributed by atoms with Crippen LogP contribution in [0.5, 0.6) is 0 Å². The van der Waals surface area contributed by atoms with Crippen LogP contribution in [0.25, 0.3) is 5.69 Å². The summed E-state index contributed by atoms with van der Waals surface area (Å²) < 4.78 is 1.80. The van der Waals surface area contributed by atoms with Crippen molar-refractivity contribution in [3.63, 3.8) is 0 Å². The first-order valence-electron chi connectivity index (χ1n) is 9.25. The molecule has 5 nitrogen and oxygen atoms in total. The topological polar surface area (TPSA) is 67.2 Å². The third-order valence-electron chi connectivity index (χ3n) is 5.08. The number of hydrogen-bond acceptors (Lipinski definition) is 3. The largest absolute Gasteiger partial charge is 0.396 e. The van der Waals surface area contributed by atoms with E-state index in [9.17, 15) is 9.90 Å². The van der Waals surface area contributed by atoms with Crippen LogP contribution in [0.2, 0.25) is 0 Å². The van der Waals surface area contributed by atoms with Gasteiger partial charge in [0.2, 0.25) is 5.91 Å². The highest BCUT2D eigenvalue weighted by Gasteiger charge is 2.24. The van der Waals surface area contributed by atoms with Gasteiger partial charge in [0.05, 0.1) is 12.1 Å². The molecule has 2 N–H and O–H groups in total. The molecule has 1 heterocycles. The van der Waals surface area contributed by atoms with E-state index >= 15 is 0 Å². The monoisotopic (exact) mass is 341 g/mol. The highest BCUT2D eigenvalue weighted by Crippen LogP contribution is 2.27. The molecule has 2 aromatic rings. The van der Waals surface area contributed by atoms with Gasteiger partial charge in [-0.3, -0.25) is 4.79 Å². The van der Waals surface area contributed by atoms with E-state index in [1.54, 1.807) is 10.9 Å². The fraction of sp³-hybridized carbons (Fsp3) is 0.500. The van der Waals surface area contributed by atoms with Crippen LogP contribution in [0.15, 0.2) is 42.7 Å². The lowest BCUT2D eigenvalue weighted by Crippen LogP contribution is -2.42. The molecular weight excluding hydrogens is 314 g/mol. The van der Waals surface area contributed by atoms with E-state index in [4.69, 9.17) is 0 Å². The fourth-order valence-electron chi connectivity index (χ4n) is 3.73. The Morgan fingerprint density at radius 2 is 2.00 bits per heavy atom. The Bertz CT molecular complexity index is 646. The third kappa shape index (κ3) is 4.92. The van der Waals surface area contributed by atoms with Crippen LogP contribution in [0.1, 0.15) is 44.1 Å². The molecule has 0 spiro atoms. The van der Waals surface area contributed by atoms with Crippen LogP contribution < -0.4 is 5.32 Å². The molecule has 0 radical (unpaired) electrons. The van der Waals surface area contributed by atoms with Gasteiger partial charge in [-0.05, 0) is 48.9 Å². The molecule has 1 aliphatic rings. The molecule has 1 amide bonds. The summed E-state index contributed by atoms with van der Waals surface area (Å²) in [6.07, 6.45) is 10.7. The minimum absolute atomic E-state index is 0.0378. The second-order valence-corrected chi connectivity index (χ2v) is 6.88. The lowest BCUT2D eigenvalue weighted by Gasteiger charge is -2.30. The zero-order valence-corrected chi connectivity index (χ0v) is 14.6. The van der Waals surface area contributed by atoms with E-state index < -0.39 is 0 Å². The van der Waals surface area contributed by atoms with Crippen LogP contribution in [-0.2, 0) is 11.2 Å². The molecule has 0 saturated heterocycles. The number of rotatable bonds is 7. The van der Waals surface area contributed by atoms with Gasteiger partial charge >= 0.3 is 0 Å². The smallest absolute Gasteiger partial charge is 0.224 e. The molecule has 25 heavy (non-hydrogen) atoms. The minimum Gasteiger partial charge on any atom is -0.396 e. The average molecular weight is 341 g/mol. The second-order valence-electron chi connectivity index (χ2n) is 6.88. The minimum atomic E-state index is 0.0378. The van der Waals surface area contributed by atoms with E-state index in [2.05, 4.69) is 10.4 Å². The van der Waals surface area contributed by atoms with Crippen molar-refractivity contribution < 1.29 is 9.90 Å². The van der Waals surface area contributed by atoms with Crippen LogP contribution >= 0.6 is 0 Å². The zero-order valence-electron chi connectivity index (χ0n) is 14.6. The maximum absolute atomic E-state index is 12.4. The summed E-state index contributed by atoms with van der Waals surface area (Å²) >= 11 is 0. The Kier molecular flexibility index (Phi) is 6.23. The molecule has 1 aromatic carbocycles. The number of carbonyl (C=O) groups is 1. The number of aliphatic hydroxyl groups excluding tert-OH is 1. The number of aromatic nitrogens is 2. The van der Waals surface area contributed by atoms with Gasteiger partial charge in [-0.1, -0.05) is 31.4 Å². The van der Waals surface area contributed by atoms with Gasteiger partial charge in [0.1, 0.15) is 0 Å². The van der Waals surface area contributed by atoms with Crippen molar-refractivity contribution >= 4 is 5.91 Å². The number of amides is 1. The van der Waals surface area contributed by atoms with Gasteiger partial charge in [-0.25, -0.2) is 4.68 Å². The summed E-state index contributed by atoms with van der Waals surface area (Å²) in [5, 5.41) is 16.7. The van der Waals surface area contributed by atoms with Gasteiger partial charge in [-0.15, -0.1) is 0 Å². The number of carbonyl (C=O) groups excluding carboxylic acids is 1. The van der Waals surface area contributed by atoms with E-state index in [1.165, 1.54) is 19.3 Å². The highest BCUT2D eigenvalue weighted by atomic mass is 16.3. The zero-order chi connectivity index (χ0) is 17.5. The summed E-state index contributed by atoms with van der Waals surface area (Å²) in [5.74, 6) is 0.544. The molecule has 0 bridgehead atoms. The predicted molar refractivity (Wildman–Crippen MR) is 97.5 cm³/mol. The third-order valence-corrected chi connectivity index (χ3v) is 5.08. The van der Waals surface area contributed by atoms with Crippen molar-refractivity contribution in [3.05, 3.63) is 48.3 Å². The number of nitrogens with one attached hydrogen (secondary N) is 1. The van der Waals surface area contributed by atoms with Crippen molar-refractivity contribution in [2.45, 2.75) is 51.0 Å². The highest BCUT2D eigenvalue weighted by molar-refractivity contribution is 5.79. The molecule has 3 rings (SSSR count). The maximum Gasteiger partial charge on any atom is 0.224 e. The van der Waals surface area contributed by atoms with Gasteiger partial charge in [0, 0.05) is 25.0 Å². The molecule has 5 heteroatoms. The molecule has 0 aliphatic heterocycles. The number of nitrogens with zero attached hydrogens (tertiary/aromatic N) is 2. The van der Waals surface area contributed by atoms with E-state index in [-0.39, 0.29) is 18.6 Å². The van der Waals surface area contributed by atoms with E-state index in [1.807, 2.05) is 36.5 Å². The fourth-order valence-corrected chi connectivity index (χ4v) is 3.73. The first-order valence-corrected chi connectivity index (χ1v) is 9.25. The van der Waals surface area contributed by atoms with Crippen molar-refractivity contribution in [1.82, 2.24) is 15.1 Å². The van der Waals surface area contributed by atoms with Gasteiger partial charge < -0.3 is 10.4 Å². The Balaban J connectivity index is 1.56. The van der Waals surface area contributed by atoms with Crippen LogP contribution in [0.4, 0.5) is 0 Å². The van der Waals surface area contributed by atoms with Crippen molar-refractivity contribution in [2.24, 2.45) is 5.92 Å². The standard InChI is InChI=1S/C20H27N3O2/c24-14-11-19(17-5-2-1-3-6-17)22-20(25)15-16-7-9-18(10-8-16)23-13-4-12-21-23/h4,7-10,12-13,17,19,24H,1-3,5-6,11,14-15H2,(H,22,25). The average Bonchev–Trinajstić information content (AvgIpc) is 3.17. The molecule has 1 fully saturated rings. The number of benzene rings is 1. The van der Waals surface area contributed by atoms with Gasteiger partial charge in [-0.2, -0.15) is 5.10 Å². The molecular formula is C20H27N3O2. The van der Waals surface area contributed by atoms with Gasteiger partial charge in [0.25, 0.3) is 0 Å². The number of hydrogen-bond donors (Lipinski definition) is 2. The van der Waals surface area contributed by atoms with E-state index in [0.717, 1.165) is 24.1 Å². The molecule has 1 aromatic heterocycles. The van der Waals surface area contributed by atoms with E-state index in [0.29, 0.717) is 18.8 Å². The summed E-state index contributed by atoms with van der Waals surface area (Å²) in [5.41, 5.74) is 1.97. The Hall–Kier alpha value is -2.14. The van der Waals surface area contributed by atoms with Crippen molar-refractivity contribution in [3.8, 4) is 5.69 Å². The lowest BCUT2D eigenvalue weighted by molar-refractivity contribution is -0.121.